The molecule has 0 radical (unpaired) electrons. The first-order chi connectivity index (χ1) is 16.7. The lowest BCUT2D eigenvalue weighted by molar-refractivity contribution is -0.113. The smallest absolute Gasteiger partial charge is 0.253 e. The third kappa shape index (κ3) is 4.82. The Kier molecular flexibility index (Phi) is 6.31. The number of carbonyl (C=O) groups is 2. The minimum Gasteiger partial charge on any atom is -0.361 e. The van der Waals surface area contributed by atoms with E-state index >= 15 is 0 Å². The van der Waals surface area contributed by atoms with Crippen LogP contribution >= 0.6 is 11.8 Å². The molecule has 170 valence electrons. The van der Waals surface area contributed by atoms with E-state index in [-0.39, 0.29) is 17.6 Å². The van der Waals surface area contributed by atoms with E-state index in [0.717, 1.165) is 21.9 Å². The van der Waals surface area contributed by atoms with Crippen molar-refractivity contribution in [3.05, 3.63) is 90.1 Å². The summed E-state index contributed by atoms with van der Waals surface area (Å²) >= 11 is 1.32. The molecule has 2 amide bonds. The molecule has 0 saturated heterocycles. The van der Waals surface area contributed by atoms with Crippen molar-refractivity contribution >= 4 is 51.2 Å². The SMILES string of the molecule is O=C(CSc1nc2ccccc2[nH]1)Nc1ccccc1C(=O)NCCc1cccc2[nH]ccc12. The van der Waals surface area contributed by atoms with Gasteiger partial charge in [0.15, 0.2) is 5.16 Å². The predicted octanol–water partition coefficient (Wildman–Crippen LogP) is 4.75. The number of amides is 2. The van der Waals surface area contributed by atoms with Gasteiger partial charge in [0.25, 0.3) is 5.91 Å². The molecule has 2 heterocycles. The van der Waals surface area contributed by atoms with E-state index in [1.807, 2.05) is 48.7 Å². The Morgan fingerprint density at radius 3 is 2.65 bits per heavy atom. The summed E-state index contributed by atoms with van der Waals surface area (Å²) in [7, 11) is 0. The second-order valence-corrected chi connectivity index (χ2v) is 8.77. The van der Waals surface area contributed by atoms with Gasteiger partial charge in [-0.15, -0.1) is 0 Å². The van der Waals surface area contributed by atoms with Crippen LogP contribution in [0.2, 0.25) is 0 Å². The van der Waals surface area contributed by atoms with Crippen molar-refractivity contribution in [1.82, 2.24) is 20.3 Å². The highest BCUT2D eigenvalue weighted by molar-refractivity contribution is 7.99. The highest BCUT2D eigenvalue weighted by Crippen LogP contribution is 2.21. The number of H-pyrrole nitrogens is 2. The van der Waals surface area contributed by atoms with Gasteiger partial charge in [0.05, 0.1) is 28.0 Å². The number of rotatable bonds is 8. The standard InChI is InChI=1S/C26H23N5O2S/c32-24(16-34-26-30-22-9-3-4-10-23(22)31-26)29-21-8-2-1-7-19(21)25(33)28-14-12-17-6-5-11-20-18(17)13-15-27-20/h1-11,13,15,27H,12,14,16H2,(H,28,33)(H,29,32)(H,30,31). The second kappa shape index (κ2) is 9.84. The van der Waals surface area contributed by atoms with Gasteiger partial charge < -0.3 is 20.6 Å². The first-order valence-corrected chi connectivity index (χ1v) is 12.0. The number of aromatic amines is 2. The fraction of sp³-hybridized carbons (Fsp3) is 0.115. The molecule has 3 aromatic carbocycles. The fourth-order valence-electron chi connectivity index (χ4n) is 3.88. The van der Waals surface area contributed by atoms with Crippen molar-refractivity contribution in [1.29, 1.82) is 0 Å². The second-order valence-electron chi connectivity index (χ2n) is 7.80. The molecule has 0 aliphatic heterocycles. The van der Waals surface area contributed by atoms with E-state index in [1.165, 1.54) is 17.3 Å². The van der Waals surface area contributed by atoms with Gasteiger partial charge in [-0.3, -0.25) is 9.59 Å². The van der Waals surface area contributed by atoms with Crippen LogP contribution in [0.5, 0.6) is 0 Å². The van der Waals surface area contributed by atoms with E-state index < -0.39 is 0 Å². The fourth-order valence-corrected chi connectivity index (χ4v) is 4.57. The van der Waals surface area contributed by atoms with Crippen LogP contribution in [0.25, 0.3) is 21.9 Å². The molecule has 0 aliphatic carbocycles. The number of carbonyl (C=O) groups excluding carboxylic acids is 2. The third-order valence-electron chi connectivity index (χ3n) is 5.52. The molecule has 8 heteroatoms. The number of anilines is 1. The van der Waals surface area contributed by atoms with Crippen LogP contribution in [0.15, 0.2) is 84.1 Å². The maximum atomic E-state index is 12.8. The average Bonchev–Trinajstić information content (AvgIpc) is 3.50. The summed E-state index contributed by atoms with van der Waals surface area (Å²) in [5.74, 6) is -0.247. The maximum absolute atomic E-state index is 12.8. The van der Waals surface area contributed by atoms with E-state index in [1.54, 1.807) is 24.3 Å². The first kappa shape index (κ1) is 21.8. The Morgan fingerprint density at radius 2 is 1.74 bits per heavy atom. The maximum Gasteiger partial charge on any atom is 0.253 e. The van der Waals surface area contributed by atoms with E-state index in [2.05, 4.69) is 31.7 Å². The molecule has 0 bridgehead atoms. The van der Waals surface area contributed by atoms with Crippen LogP contribution in [0.4, 0.5) is 5.69 Å². The quantitative estimate of drug-likeness (QED) is 0.246. The monoisotopic (exact) mass is 469 g/mol. The summed E-state index contributed by atoms with van der Waals surface area (Å²) in [6.45, 7) is 0.493. The summed E-state index contributed by atoms with van der Waals surface area (Å²) < 4.78 is 0. The minimum atomic E-state index is -0.220. The van der Waals surface area contributed by atoms with Gasteiger partial charge in [-0.05, 0) is 48.4 Å². The Labute approximate surface area is 200 Å². The number of thioether (sulfide) groups is 1. The number of hydrogen-bond donors (Lipinski definition) is 4. The molecule has 7 nitrogen and oxygen atoms in total. The summed E-state index contributed by atoms with van der Waals surface area (Å²) in [5, 5.41) is 7.67. The van der Waals surface area contributed by atoms with Crippen molar-refractivity contribution in [2.24, 2.45) is 0 Å². The molecule has 0 aliphatic rings. The number of benzene rings is 3. The van der Waals surface area contributed by atoms with Gasteiger partial charge in [0, 0.05) is 23.6 Å². The highest BCUT2D eigenvalue weighted by atomic mass is 32.2. The van der Waals surface area contributed by atoms with Crippen LogP contribution in [-0.2, 0) is 11.2 Å². The normalized spacial score (nSPS) is 11.1. The van der Waals surface area contributed by atoms with Crippen LogP contribution in [0.3, 0.4) is 0 Å². The Bertz CT molecular complexity index is 1440. The number of hydrogen-bond acceptors (Lipinski definition) is 4. The molecule has 0 atom stereocenters. The molecule has 5 rings (SSSR count). The zero-order chi connectivity index (χ0) is 23.3. The third-order valence-corrected chi connectivity index (χ3v) is 6.39. The lowest BCUT2D eigenvalue weighted by Gasteiger charge is -2.11. The number of nitrogens with one attached hydrogen (secondary N) is 4. The molecule has 0 fully saturated rings. The van der Waals surface area contributed by atoms with Crippen molar-refractivity contribution in [3.8, 4) is 0 Å². The number of fused-ring (bicyclic) bond motifs is 2. The van der Waals surface area contributed by atoms with Crippen molar-refractivity contribution in [2.45, 2.75) is 11.6 Å². The van der Waals surface area contributed by atoms with Gasteiger partial charge in [0.2, 0.25) is 5.91 Å². The topological polar surface area (TPSA) is 103 Å². The number of nitrogens with zero attached hydrogens (tertiary/aromatic N) is 1. The average molecular weight is 470 g/mol. The van der Waals surface area contributed by atoms with Gasteiger partial charge >= 0.3 is 0 Å². The zero-order valence-corrected chi connectivity index (χ0v) is 19.1. The van der Waals surface area contributed by atoms with E-state index in [0.29, 0.717) is 29.4 Å². The lowest BCUT2D eigenvalue weighted by Crippen LogP contribution is -2.27. The van der Waals surface area contributed by atoms with Gasteiger partial charge in [-0.1, -0.05) is 48.2 Å². The van der Waals surface area contributed by atoms with Crippen LogP contribution in [0.1, 0.15) is 15.9 Å². The lowest BCUT2D eigenvalue weighted by atomic mass is 10.1. The molecule has 0 unspecified atom stereocenters. The van der Waals surface area contributed by atoms with Gasteiger partial charge in [-0.25, -0.2) is 4.98 Å². The highest BCUT2D eigenvalue weighted by Gasteiger charge is 2.14. The van der Waals surface area contributed by atoms with Gasteiger partial charge in [-0.2, -0.15) is 0 Å². The number of para-hydroxylation sites is 3. The molecule has 2 aromatic heterocycles. The Hall–Kier alpha value is -4.04. The summed E-state index contributed by atoms with van der Waals surface area (Å²) in [5.41, 5.74) is 4.97. The molecule has 0 spiro atoms. The van der Waals surface area contributed by atoms with E-state index in [9.17, 15) is 9.59 Å². The summed E-state index contributed by atoms with van der Waals surface area (Å²) in [4.78, 5) is 36.3. The van der Waals surface area contributed by atoms with E-state index in [4.69, 9.17) is 0 Å². The van der Waals surface area contributed by atoms with Crippen molar-refractivity contribution in [3.63, 3.8) is 0 Å². The minimum absolute atomic E-state index is 0.177. The predicted molar refractivity (Wildman–Crippen MR) is 136 cm³/mol. The number of aromatic nitrogens is 3. The first-order valence-electron chi connectivity index (χ1n) is 11.0. The molecule has 0 saturated carbocycles. The molecular weight excluding hydrogens is 446 g/mol. The molecule has 4 N–H and O–H groups in total. The Balaban J connectivity index is 1.18. The molecule has 34 heavy (non-hydrogen) atoms. The Morgan fingerprint density at radius 1 is 0.912 bits per heavy atom. The largest absolute Gasteiger partial charge is 0.361 e. The van der Waals surface area contributed by atoms with Crippen LogP contribution in [-0.4, -0.2) is 39.1 Å². The molecule has 5 aromatic rings. The summed E-state index contributed by atoms with van der Waals surface area (Å²) in [6.07, 6.45) is 2.63. The van der Waals surface area contributed by atoms with Crippen molar-refractivity contribution in [2.75, 3.05) is 17.6 Å². The summed E-state index contributed by atoms with van der Waals surface area (Å²) in [6, 6.07) is 22.9. The number of imidazole rings is 1. The zero-order valence-electron chi connectivity index (χ0n) is 18.3. The van der Waals surface area contributed by atoms with Crippen molar-refractivity contribution < 1.29 is 9.59 Å². The van der Waals surface area contributed by atoms with Crippen LogP contribution < -0.4 is 10.6 Å². The van der Waals surface area contributed by atoms with Gasteiger partial charge in [0.1, 0.15) is 0 Å². The molecular formula is C26H23N5O2S. The van der Waals surface area contributed by atoms with Crippen LogP contribution in [0, 0.1) is 0 Å².